The van der Waals surface area contributed by atoms with Crippen molar-refractivity contribution in [1.82, 2.24) is 0 Å². The molecule has 0 aromatic carbocycles. The molecule has 2 N–H and O–H groups in total. The SMILES string of the molecule is NC(CCC(F)(F)F)c1cscc1Br. The zero-order chi connectivity index (χ0) is 10.8. The average molecular weight is 288 g/mol. The van der Waals surface area contributed by atoms with Crippen molar-refractivity contribution in [3.8, 4) is 0 Å². The molecule has 0 radical (unpaired) electrons. The summed E-state index contributed by atoms with van der Waals surface area (Å²) in [7, 11) is 0. The smallest absolute Gasteiger partial charge is 0.324 e. The van der Waals surface area contributed by atoms with Gasteiger partial charge in [0, 0.05) is 22.3 Å². The van der Waals surface area contributed by atoms with Gasteiger partial charge in [0.15, 0.2) is 0 Å². The first kappa shape index (κ1) is 12.0. The van der Waals surface area contributed by atoms with Crippen LogP contribution in [0.1, 0.15) is 24.4 Å². The van der Waals surface area contributed by atoms with Crippen LogP contribution in [-0.4, -0.2) is 6.18 Å². The van der Waals surface area contributed by atoms with Crippen molar-refractivity contribution in [1.29, 1.82) is 0 Å². The Morgan fingerprint density at radius 3 is 2.50 bits per heavy atom. The molecule has 0 saturated heterocycles. The first-order valence-electron chi connectivity index (χ1n) is 3.94. The second-order valence-corrected chi connectivity index (χ2v) is 4.53. The first-order valence-corrected chi connectivity index (χ1v) is 5.67. The second-order valence-electron chi connectivity index (χ2n) is 2.94. The molecule has 0 aliphatic rings. The fourth-order valence-corrected chi connectivity index (χ4v) is 2.69. The summed E-state index contributed by atoms with van der Waals surface area (Å²) in [6.45, 7) is 0. The first-order chi connectivity index (χ1) is 6.40. The molecule has 14 heavy (non-hydrogen) atoms. The maximum atomic E-state index is 11.9. The monoisotopic (exact) mass is 287 g/mol. The van der Waals surface area contributed by atoms with Crippen molar-refractivity contribution in [3.63, 3.8) is 0 Å². The number of nitrogens with two attached hydrogens (primary N) is 1. The number of alkyl halides is 3. The molecular weight excluding hydrogens is 279 g/mol. The topological polar surface area (TPSA) is 26.0 Å². The van der Waals surface area contributed by atoms with Gasteiger partial charge in [-0.1, -0.05) is 0 Å². The molecule has 0 saturated carbocycles. The van der Waals surface area contributed by atoms with Crippen LogP contribution in [0, 0.1) is 0 Å². The lowest BCUT2D eigenvalue weighted by molar-refractivity contribution is -0.136. The Morgan fingerprint density at radius 2 is 2.07 bits per heavy atom. The van der Waals surface area contributed by atoms with E-state index < -0.39 is 18.6 Å². The largest absolute Gasteiger partial charge is 0.389 e. The minimum atomic E-state index is -4.12. The van der Waals surface area contributed by atoms with E-state index in [4.69, 9.17) is 5.73 Å². The van der Waals surface area contributed by atoms with Crippen LogP contribution in [0.2, 0.25) is 0 Å². The number of hydrogen-bond acceptors (Lipinski definition) is 2. The third-order valence-electron chi connectivity index (χ3n) is 1.78. The number of rotatable bonds is 3. The number of halogens is 4. The van der Waals surface area contributed by atoms with Crippen LogP contribution in [0.25, 0.3) is 0 Å². The molecule has 1 aromatic rings. The summed E-state index contributed by atoms with van der Waals surface area (Å²) in [6.07, 6.45) is -5.03. The highest BCUT2D eigenvalue weighted by molar-refractivity contribution is 9.10. The van der Waals surface area contributed by atoms with E-state index in [-0.39, 0.29) is 6.42 Å². The van der Waals surface area contributed by atoms with E-state index in [1.54, 1.807) is 5.38 Å². The molecule has 6 heteroatoms. The summed E-state index contributed by atoms with van der Waals surface area (Å²) in [5, 5.41) is 3.58. The number of hydrogen-bond donors (Lipinski definition) is 1. The maximum Gasteiger partial charge on any atom is 0.389 e. The molecule has 0 fully saturated rings. The Morgan fingerprint density at radius 1 is 1.43 bits per heavy atom. The highest BCUT2D eigenvalue weighted by Gasteiger charge is 2.28. The zero-order valence-electron chi connectivity index (χ0n) is 7.14. The molecule has 0 spiro atoms. The molecule has 0 amide bonds. The van der Waals surface area contributed by atoms with Gasteiger partial charge in [0.25, 0.3) is 0 Å². The van der Waals surface area contributed by atoms with E-state index in [9.17, 15) is 13.2 Å². The van der Waals surface area contributed by atoms with Crippen LogP contribution in [0.3, 0.4) is 0 Å². The molecule has 0 bridgehead atoms. The molecule has 1 nitrogen and oxygen atoms in total. The maximum absolute atomic E-state index is 11.9. The van der Waals surface area contributed by atoms with Crippen LogP contribution in [-0.2, 0) is 0 Å². The molecular formula is C8H9BrF3NS. The van der Waals surface area contributed by atoms with Crippen molar-refractivity contribution in [2.75, 3.05) is 0 Å². The van der Waals surface area contributed by atoms with Gasteiger partial charge in [-0.2, -0.15) is 24.5 Å². The van der Waals surface area contributed by atoms with Gasteiger partial charge in [-0.05, 0) is 33.3 Å². The standard InChI is InChI=1S/C8H9BrF3NS/c9-6-4-14-3-5(6)7(13)1-2-8(10,11)12/h3-4,7H,1-2,13H2. The van der Waals surface area contributed by atoms with E-state index in [0.29, 0.717) is 0 Å². The van der Waals surface area contributed by atoms with Crippen molar-refractivity contribution in [2.24, 2.45) is 5.73 Å². The molecule has 0 aliphatic carbocycles. The molecule has 1 aromatic heterocycles. The Bertz CT molecular complexity index is 297. The quantitative estimate of drug-likeness (QED) is 0.898. The minimum Gasteiger partial charge on any atom is -0.324 e. The van der Waals surface area contributed by atoms with Gasteiger partial charge in [-0.3, -0.25) is 0 Å². The molecule has 0 aliphatic heterocycles. The molecule has 1 rings (SSSR count). The summed E-state index contributed by atoms with van der Waals surface area (Å²) in [5.41, 5.74) is 6.37. The van der Waals surface area contributed by atoms with Crippen LogP contribution < -0.4 is 5.73 Å². The van der Waals surface area contributed by atoms with Gasteiger partial charge < -0.3 is 5.73 Å². The van der Waals surface area contributed by atoms with Gasteiger partial charge >= 0.3 is 6.18 Å². The predicted octanol–water partition coefficient (Wildman–Crippen LogP) is 3.85. The lowest BCUT2D eigenvalue weighted by atomic mass is 10.1. The molecule has 1 heterocycles. The van der Waals surface area contributed by atoms with Crippen LogP contribution >= 0.6 is 27.3 Å². The summed E-state index contributed by atoms with van der Waals surface area (Å²) in [5.74, 6) is 0. The fourth-order valence-electron chi connectivity index (χ4n) is 1.03. The zero-order valence-corrected chi connectivity index (χ0v) is 9.55. The Kier molecular flexibility index (Phi) is 3.97. The van der Waals surface area contributed by atoms with Crippen molar-refractivity contribution in [2.45, 2.75) is 25.1 Å². The van der Waals surface area contributed by atoms with E-state index >= 15 is 0 Å². The van der Waals surface area contributed by atoms with Crippen molar-refractivity contribution < 1.29 is 13.2 Å². The Balaban J connectivity index is 2.51. The van der Waals surface area contributed by atoms with Crippen LogP contribution in [0.5, 0.6) is 0 Å². The Labute approximate surface area is 92.2 Å². The minimum absolute atomic E-state index is 0.0706. The van der Waals surface area contributed by atoms with Gasteiger partial charge in [-0.25, -0.2) is 0 Å². The van der Waals surface area contributed by atoms with Gasteiger partial charge in [0.2, 0.25) is 0 Å². The third kappa shape index (κ3) is 3.59. The molecule has 80 valence electrons. The summed E-state index contributed by atoms with van der Waals surface area (Å²) in [6, 6.07) is -0.544. The normalized spacial score (nSPS) is 14.4. The van der Waals surface area contributed by atoms with E-state index in [1.807, 2.05) is 5.38 Å². The van der Waals surface area contributed by atoms with Crippen LogP contribution in [0.4, 0.5) is 13.2 Å². The molecule has 1 unspecified atom stereocenters. The summed E-state index contributed by atoms with van der Waals surface area (Å²) >= 11 is 4.66. The lowest BCUT2D eigenvalue weighted by Crippen LogP contribution is -2.15. The Hall–Kier alpha value is -0.0700. The third-order valence-corrected chi connectivity index (χ3v) is 3.53. The van der Waals surface area contributed by atoms with Crippen molar-refractivity contribution >= 4 is 27.3 Å². The van der Waals surface area contributed by atoms with Gasteiger partial charge in [0.1, 0.15) is 0 Å². The average Bonchev–Trinajstić information content (AvgIpc) is 2.46. The van der Waals surface area contributed by atoms with Gasteiger partial charge in [0.05, 0.1) is 0 Å². The van der Waals surface area contributed by atoms with Gasteiger partial charge in [-0.15, -0.1) is 0 Å². The van der Waals surface area contributed by atoms with E-state index in [0.717, 1.165) is 10.0 Å². The van der Waals surface area contributed by atoms with Crippen molar-refractivity contribution in [3.05, 3.63) is 20.8 Å². The van der Waals surface area contributed by atoms with Crippen LogP contribution in [0.15, 0.2) is 15.2 Å². The summed E-state index contributed by atoms with van der Waals surface area (Å²) in [4.78, 5) is 0. The highest BCUT2D eigenvalue weighted by Crippen LogP contribution is 2.31. The fraction of sp³-hybridized carbons (Fsp3) is 0.500. The van der Waals surface area contributed by atoms with E-state index in [2.05, 4.69) is 15.9 Å². The molecule has 1 atom stereocenters. The highest BCUT2D eigenvalue weighted by atomic mass is 79.9. The number of thiophene rings is 1. The second kappa shape index (κ2) is 4.63. The summed E-state index contributed by atoms with van der Waals surface area (Å²) < 4.78 is 36.5. The lowest BCUT2D eigenvalue weighted by Gasteiger charge is -2.12. The van der Waals surface area contributed by atoms with E-state index in [1.165, 1.54) is 11.3 Å². The predicted molar refractivity (Wildman–Crippen MR) is 54.2 cm³/mol.